The molecule has 1 aromatic rings. The van der Waals surface area contributed by atoms with Crippen molar-refractivity contribution >= 4 is 5.97 Å². The van der Waals surface area contributed by atoms with E-state index in [1.165, 1.54) is 12.7 Å². The summed E-state index contributed by atoms with van der Waals surface area (Å²) >= 11 is 0. The fraction of sp³-hybridized carbons (Fsp3) is 0.533. The summed E-state index contributed by atoms with van der Waals surface area (Å²) in [6.07, 6.45) is 3.95. The van der Waals surface area contributed by atoms with E-state index in [0.717, 1.165) is 25.7 Å². The molecule has 1 saturated carbocycles. The zero-order valence-electron chi connectivity index (χ0n) is 10.8. The number of carbonyl (C=O) groups excluding carboxylic acids is 1. The third-order valence-electron chi connectivity index (χ3n) is 3.54. The first kappa shape index (κ1) is 13.1. The average Bonchev–Trinajstić information content (AvgIpc) is 2.46. The molecule has 98 valence electrons. The van der Waals surface area contributed by atoms with E-state index in [0.29, 0.717) is 6.61 Å². The molecule has 0 radical (unpaired) electrons. The first-order valence-corrected chi connectivity index (χ1v) is 6.53. The van der Waals surface area contributed by atoms with Crippen LogP contribution in [0.15, 0.2) is 30.3 Å². The van der Waals surface area contributed by atoms with Gasteiger partial charge in [0.1, 0.15) is 0 Å². The molecule has 1 aliphatic carbocycles. The first-order valence-electron chi connectivity index (χ1n) is 6.53. The van der Waals surface area contributed by atoms with Gasteiger partial charge in [0.25, 0.3) is 0 Å². The molecule has 1 fully saturated rings. The number of methoxy groups -OCH3 is 1. The molecule has 0 aromatic heterocycles. The van der Waals surface area contributed by atoms with E-state index < -0.39 is 0 Å². The smallest absolute Gasteiger partial charge is 0.308 e. The molecule has 0 bridgehead atoms. The van der Waals surface area contributed by atoms with E-state index in [1.807, 2.05) is 18.2 Å². The maximum atomic E-state index is 11.4. The van der Waals surface area contributed by atoms with Crippen molar-refractivity contribution in [1.82, 2.24) is 0 Å². The van der Waals surface area contributed by atoms with Crippen molar-refractivity contribution in [2.75, 3.05) is 7.11 Å². The van der Waals surface area contributed by atoms with Crippen molar-refractivity contribution in [2.45, 2.75) is 38.4 Å². The van der Waals surface area contributed by atoms with Gasteiger partial charge in [-0.2, -0.15) is 0 Å². The van der Waals surface area contributed by atoms with Crippen molar-refractivity contribution in [2.24, 2.45) is 5.92 Å². The summed E-state index contributed by atoms with van der Waals surface area (Å²) in [6, 6.07) is 10.2. The SMILES string of the molecule is COC(=O)[C@H]1CC[C@H](OCc2ccccc2)CC1. The highest BCUT2D eigenvalue weighted by atomic mass is 16.5. The molecule has 2 rings (SSSR count). The van der Waals surface area contributed by atoms with E-state index in [9.17, 15) is 4.79 Å². The predicted molar refractivity (Wildman–Crippen MR) is 69.0 cm³/mol. The molecule has 1 aliphatic rings. The average molecular weight is 248 g/mol. The normalized spacial score (nSPS) is 23.6. The Morgan fingerprint density at radius 3 is 2.44 bits per heavy atom. The van der Waals surface area contributed by atoms with Gasteiger partial charge in [0.05, 0.1) is 25.7 Å². The monoisotopic (exact) mass is 248 g/mol. The van der Waals surface area contributed by atoms with Crippen LogP contribution in [0.5, 0.6) is 0 Å². The first-order chi connectivity index (χ1) is 8.79. The van der Waals surface area contributed by atoms with E-state index in [1.54, 1.807) is 0 Å². The Bertz CT molecular complexity index is 367. The lowest BCUT2D eigenvalue weighted by molar-refractivity contribution is -0.147. The second-order valence-electron chi connectivity index (χ2n) is 4.79. The summed E-state index contributed by atoms with van der Waals surface area (Å²) in [4.78, 5) is 11.4. The molecule has 0 unspecified atom stereocenters. The number of hydrogen-bond acceptors (Lipinski definition) is 3. The Kier molecular flexibility index (Phi) is 4.76. The molecule has 0 N–H and O–H groups in total. The van der Waals surface area contributed by atoms with Crippen LogP contribution in [-0.2, 0) is 20.9 Å². The molecule has 18 heavy (non-hydrogen) atoms. The van der Waals surface area contributed by atoms with Gasteiger partial charge in [-0.1, -0.05) is 30.3 Å². The summed E-state index contributed by atoms with van der Waals surface area (Å²) in [5.74, 6) is 0.00286. The van der Waals surface area contributed by atoms with Crippen LogP contribution in [-0.4, -0.2) is 19.2 Å². The van der Waals surface area contributed by atoms with Gasteiger partial charge in [0.15, 0.2) is 0 Å². The lowest BCUT2D eigenvalue weighted by Gasteiger charge is -2.27. The van der Waals surface area contributed by atoms with Gasteiger partial charge in [-0.25, -0.2) is 0 Å². The van der Waals surface area contributed by atoms with Crippen molar-refractivity contribution < 1.29 is 14.3 Å². The highest BCUT2D eigenvalue weighted by Crippen LogP contribution is 2.27. The third kappa shape index (κ3) is 3.57. The Balaban J connectivity index is 1.72. The molecule has 1 aromatic carbocycles. The van der Waals surface area contributed by atoms with Crippen LogP contribution in [0.25, 0.3) is 0 Å². The number of esters is 1. The van der Waals surface area contributed by atoms with E-state index in [2.05, 4.69) is 12.1 Å². The van der Waals surface area contributed by atoms with Crippen LogP contribution in [0.4, 0.5) is 0 Å². The molecule has 0 amide bonds. The second kappa shape index (κ2) is 6.55. The number of ether oxygens (including phenoxy) is 2. The molecular weight excluding hydrogens is 228 g/mol. The summed E-state index contributed by atoms with van der Waals surface area (Å²) in [6.45, 7) is 0.661. The van der Waals surface area contributed by atoms with Gasteiger partial charge in [0.2, 0.25) is 0 Å². The van der Waals surface area contributed by atoms with E-state index >= 15 is 0 Å². The lowest BCUT2D eigenvalue weighted by atomic mass is 9.87. The Hall–Kier alpha value is -1.35. The minimum Gasteiger partial charge on any atom is -0.469 e. The molecule has 3 nitrogen and oxygen atoms in total. The fourth-order valence-electron chi connectivity index (χ4n) is 2.42. The molecule has 0 saturated heterocycles. The zero-order chi connectivity index (χ0) is 12.8. The molecule has 0 heterocycles. The van der Waals surface area contributed by atoms with Gasteiger partial charge in [-0.15, -0.1) is 0 Å². The maximum Gasteiger partial charge on any atom is 0.308 e. The molecule has 0 spiro atoms. The quantitative estimate of drug-likeness (QED) is 0.768. The van der Waals surface area contributed by atoms with Crippen LogP contribution in [0.3, 0.4) is 0 Å². The Morgan fingerprint density at radius 2 is 1.83 bits per heavy atom. The number of rotatable bonds is 4. The zero-order valence-corrected chi connectivity index (χ0v) is 10.8. The number of hydrogen-bond donors (Lipinski definition) is 0. The van der Waals surface area contributed by atoms with Crippen LogP contribution in [0.2, 0.25) is 0 Å². The number of benzene rings is 1. The van der Waals surface area contributed by atoms with Crippen LogP contribution >= 0.6 is 0 Å². The van der Waals surface area contributed by atoms with Gasteiger partial charge < -0.3 is 9.47 Å². The standard InChI is InChI=1S/C15H20O3/c1-17-15(16)13-7-9-14(10-8-13)18-11-12-5-3-2-4-6-12/h2-6,13-14H,7-11H2,1H3/t13-,14-. The molecular formula is C15H20O3. The molecule has 0 atom stereocenters. The van der Waals surface area contributed by atoms with Crippen LogP contribution < -0.4 is 0 Å². The van der Waals surface area contributed by atoms with E-state index in [-0.39, 0.29) is 18.0 Å². The van der Waals surface area contributed by atoms with E-state index in [4.69, 9.17) is 9.47 Å². The minimum absolute atomic E-state index is 0.0727. The van der Waals surface area contributed by atoms with Gasteiger partial charge in [-0.05, 0) is 31.2 Å². The maximum absolute atomic E-state index is 11.4. The largest absolute Gasteiger partial charge is 0.469 e. The Labute approximate surface area is 108 Å². The molecule has 0 aliphatic heterocycles. The van der Waals surface area contributed by atoms with Crippen molar-refractivity contribution in [3.05, 3.63) is 35.9 Å². The van der Waals surface area contributed by atoms with Gasteiger partial charge in [-0.3, -0.25) is 4.79 Å². The minimum atomic E-state index is -0.0727. The topological polar surface area (TPSA) is 35.5 Å². The van der Waals surface area contributed by atoms with Crippen LogP contribution in [0.1, 0.15) is 31.2 Å². The summed E-state index contributed by atoms with van der Waals surface area (Å²) in [5, 5.41) is 0. The van der Waals surface area contributed by atoms with Gasteiger partial charge in [0, 0.05) is 0 Å². The fourth-order valence-corrected chi connectivity index (χ4v) is 2.42. The summed E-state index contributed by atoms with van der Waals surface area (Å²) < 4.78 is 10.7. The van der Waals surface area contributed by atoms with Crippen molar-refractivity contribution in [1.29, 1.82) is 0 Å². The van der Waals surface area contributed by atoms with Gasteiger partial charge >= 0.3 is 5.97 Å². The third-order valence-corrected chi connectivity index (χ3v) is 3.54. The molecule has 3 heteroatoms. The predicted octanol–water partition coefficient (Wildman–Crippen LogP) is 2.94. The Morgan fingerprint density at radius 1 is 1.17 bits per heavy atom. The summed E-state index contributed by atoms with van der Waals surface area (Å²) in [7, 11) is 1.46. The van der Waals surface area contributed by atoms with Crippen molar-refractivity contribution in [3.8, 4) is 0 Å². The van der Waals surface area contributed by atoms with Crippen molar-refractivity contribution in [3.63, 3.8) is 0 Å². The summed E-state index contributed by atoms with van der Waals surface area (Å²) in [5.41, 5.74) is 1.20. The number of carbonyl (C=O) groups is 1. The second-order valence-corrected chi connectivity index (χ2v) is 4.79. The highest BCUT2D eigenvalue weighted by Gasteiger charge is 2.27. The lowest BCUT2D eigenvalue weighted by Crippen LogP contribution is -2.26. The van der Waals surface area contributed by atoms with Crippen LogP contribution in [0, 0.1) is 5.92 Å². The highest BCUT2D eigenvalue weighted by molar-refractivity contribution is 5.72.